The molecule has 154 valence electrons. The first-order chi connectivity index (χ1) is 13.9. The van der Waals surface area contributed by atoms with Gasteiger partial charge in [0.25, 0.3) is 5.56 Å². The van der Waals surface area contributed by atoms with Gasteiger partial charge in [0.1, 0.15) is 11.4 Å². The molecular formula is C20H24N4O4S. The Hall–Kier alpha value is -2.81. The van der Waals surface area contributed by atoms with Crippen LogP contribution in [0.25, 0.3) is 11.0 Å². The lowest BCUT2D eigenvalue weighted by Crippen LogP contribution is -2.37. The Morgan fingerprint density at radius 1 is 1.28 bits per heavy atom. The maximum atomic E-state index is 12.9. The number of aromatic nitrogens is 3. The van der Waals surface area contributed by atoms with Crippen LogP contribution in [0.4, 0.5) is 0 Å². The van der Waals surface area contributed by atoms with E-state index in [9.17, 15) is 14.4 Å². The van der Waals surface area contributed by atoms with Gasteiger partial charge in [-0.3, -0.25) is 18.7 Å². The molecule has 29 heavy (non-hydrogen) atoms. The molecule has 0 saturated carbocycles. The molecule has 0 spiro atoms. The lowest BCUT2D eigenvalue weighted by atomic mass is 10.1. The van der Waals surface area contributed by atoms with Gasteiger partial charge in [0.15, 0.2) is 0 Å². The van der Waals surface area contributed by atoms with E-state index < -0.39 is 11.2 Å². The van der Waals surface area contributed by atoms with Gasteiger partial charge >= 0.3 is 5.69 Å². The van der Waals surface area contributed by atoms with Gasteiger partial charge in [0.05, 0.1) is 23.9 Å². The highest BCUT2D eigenvalue weighted by molar-refractivity contribution is 8.00. The van der Waals surface area contributed by atoms with Crippen molar-refractivity contribution in [3.05, 3.63) is 56.8 Å². The summed E-state index contributed by atoms with van der Waals surface area (Å²) < 4.78 is 7.66. The minimum absolute atomic E-state index is 0.144. The number of thioether (sulfide) groups is 1. The molecule has 0 bridgehead atoms. The number of nitrogens with one attached hydrogen (secondary N) is 1. The lowest BCUT2D eigenvalue weighted by molar-refractivity contribution is -0.118. The first-order valence-corrected chi connectivity index (χ1v) is 10.4. The number of nitrogens with zero attached hydrogens (tertiary/aromatic N) is 3. The molecule has 0 unspecified atom stereocenters. The molecule has 3 aromatic rings. The number of amides is 1. The topological polar surface area (TPSA) is 99.1 Å². The second-order valence-corrected chi connectivity index (χ2v) is 7.75. The third kappa shape index (κ3) is 4.45. The fraction of sp³-hybridized carbons (Fsp3) is 0.400. The van der Waals surface area contributed by atoms with E-state index in [0.717, 1.165) is 29.4 Å². The second-order valence-electron chi connectivity index (χ2n) is 6.77. The van der Waals surface area contributed by atoms with Crippen molar-refractivity contribution < 1.29 is 9.21 Å². The number of rotatable bonds is 8. The molecule has 9 heteroatoms. The van der Waals surface area contributed by atoms with Crippen LogP contribution in [0, 0.1) is 0 Å². The molecule has 0 aliphatic rings. The third-order valence-electron chi connectivity index (χ3n) is 4.68. The fourth-order valence-electron chi connectivity index (χ4n) is 3.04. The predicted octanol–water partition coefficient (Wildman–Crippen LogP) is 1.98. The molecule has 0 aliphatic carbocycles. The van der Waals surface area contributed by atoms with Gasteiger partial charge in [0.2, 0.25) is 5.91 Å². The van der Waals surface area contributed by atoms with E-state index in [1.807, 2.05) is 0 Å². The number of carbonyl (C=O) groups is 1. The highest BCUT2D eigenvalue weighted by Gasteiger charge is 2.18. The smallest absolute Gasteiger partial charge is 0.332 e. The number of furan rings is 1. The van der Waals surface area contributed by atoms with E-state index in [-0.39, 0.29) is 11.7 Å². The summed E-state index contributed by atoms with van der Waals surface area (Å²) in [5, 5.41) is 3.19. The first-order valence-electron chi connectivity index (χ1n) is 9.43. The zero-order chi connectivity index (χ0) is 21.0. The molecule has 3 heterocycles. The van der Waals surface area contributed by atoms with Crippen LogP contribution in [0.15, 0.2) is 43.5 Å². The van der Waals surface area contributed by atoms with Gasteiger partial charge in [0, 0.05) is 25.2 Å². The Bertz CT molecular complexity index is 1130. The van der Waals surface area contributed by atoms with Crippen LogP contribution in [0.2, 0.25) is 0 Å². The number of fused-ring (bicyclic) bond motifs is 1. The van der Waals surface area contributed by atoms with Crippen molar-refractivity contribution >= 4 is 28.7 Å². The van der Waals surface area contributed by atoms with Crippen molar-refractivity contribution in [2.45, 2.75) is 37.6 Å². The lowest BCUT2D eigenvalue weighted by Gasteiger charge is -2.14. The molecular weight excluding hydrogens is 392 g/mol. The summed E-state index contributed by atoms with van der Waals surface area (Å²) in [7, 11) is 3.04. The van der Waals surface area contributed by atoms with Crippen LogP contribution in [-0.4, -0.2) is 25.8 Å². The summed E-state index contributed by atoms with van der Waals surface area (Å²) in [6.07, 6.45) is 5.95. The molecule has 1 amide bonds. The molecule has 0 radical (unpaired) electrons. The standard InChI is InChI=1S/C20H24N4O4S/c1-4-5-7-13-10-22-18-16(19(26)24(3)20(27)23(18)2)17(13)29-12-15(25)21-11-14-8-6-9-28-14/h6,8-10H,4-5,7,11-12H2,1-3H3,(H,21,25). The molecule has 0 saturated heterocycles. The molecule has 3 rings (SSSR count). The van der Waals surface area contributed by atoms with Gasteiger partial charge in [-0.1, -0.05) is 13.3 Å². The maximum absolute atomic E-state index is 12.9. The quantitative estimate of drug-likeness (QED) is 0.564. The zero-order valence-corrected chi connectivity index (χ0v) is 17.5. The number of aryl methyl sites for hydroxylation is 2. The Labute approximate surface area is 171 Å². The molecule has 0 aromatic carbocycles. The van der Waals surface area contributed by atoms with E-state index >= 15 is 0 Å². The molecule has 3 aromatic heterocycles. The molecule has 0 atom stereocenters. The number of carbonyl (C=O) groups excluding carboxylic acids is 1. The highest BCUT2D eigenvalue weighted by Crippen LogP contribution is 2.29. The van der Waals surface area contributed by atoms with Crippen molar-refractivity contribution in [1.29, 1.82) is 0 Å². The zero-order valence-electron chi connectivity index (χ0n) is 16.7. The minimum atomic E-state index is -0.427. The van der Waals surface area contributed by atoms with Crippen LogP contribution in [-0.2, 0) is 31.9 Å². The number of hydrogen-bond donors (Lipinski definition) is 1. The number of unbranched alkanes of at least 4 members (excludes halogenated alkanes) is 1. The normalized spacial score (nSPS) is 11.1. The van der Waals surface area contributed by atoms with Crippen LogP contribution in [0.5, 0.6) is 0 Å². The Morgan fingerprint density at radius 3 is 2.76 bits per heavy atom. The van der Waals surface area contributed by atoms with Crippen LogP contribution in [0.3, 0.4) is 0 Å². The molecule has 0 fully saturated rings. The number of pyridine rings is 1. The van der Waals surface area contributed by atoms with E-state index in [2.05, 4.69) is 17.2 Å². The van der Waals surface area contributed by atoms with Crippen LogP contribution >= 0.6 is 11.8 Å². The second kappa shape index (κ2) is 9.13. The van der Waals surface area contributed by atoms with Crippen molar-refractivity contribution in [2.24, 2.45) is 14.1 Å². The Balaban J connectivity index is 1.93. The van der Waals surface area contributed by atoms with Gasteiger partial charge in [-0.25, -0.2) is 9.78 Å². The first kappa shape index (κ1) is 20.9. The van der Waals surface area contributed by atoms with Crippen molar-refractivity contribution in [3.8, 4) is 0 Å². The summed E-state index contributed by atoms with van der Waals surface area (Å²) >= 11 is 1.30. The summed E-state index contributed by atoms with van der Waals surface area (Å²) in [5.74, 6) is 0.648. The van der Waals surface area contributed by atoms with E-state index in [1.165, 1.54) is 23.4 Å². The Morgan fingerprint density at radius 2 is 2.07 bits per heavy atom. The molecule has 1 N–H and O–H groups in total. The van der Waals surface area contributed by atoms with Gasteiger partial charge in [-0.2, -0.15) is 0 Å². The number of hydrogen-bond acceptors (Lipinski definition) is 6. The maximum Gasteiger partial charge on any atom is 0.332 e. The summed E-state index contributed by atoms with van der Waals surface area (Å²) in [4.78, 5) is 42.5. The summed E-state index contributed by atoms with van der Waals surface area (Å²) in [6, 6.07) is 3.55. The van der Waals surface area contributed by atoms with Crippen LogP contribution in [0.1, 0.15) is 31.1 Å². The molecule has 0 aliphatic heterocycles. The summed E-state index contributed by atoms with van der Waals surface area (Å²) in [5.41, 5.74) is 0.423. The van der Waals surface area contributed by atoms with Gasteiger partial charge < -0.3 is 9.73 Å². The Kier molecular flexibility index (Phi) is 6.58. The third-order valence-corrected chi connectivity index (χ3v) is 5.84. The van der Waals surface area contributed by atoms with Gasteiger partial charge in [-0.15, -0.1) is 11.8 Å². The van der Waals surface area contributed by atoms with E-state index in [1.54, 1.807) is 31.6 Å². The minimum Gasteiger partial charge on any atom is -0.467 e. The van der Waals surface area contributed by atoms with Crippen molar-refractivity contribution in [3.63, 3.8) is 0 Å². The average Bonchev–Trinajstić information content (AvgIpc) is 3.25. The largest absolute Gasteiger partial charge is 0.467 e. The SMILES string of the molecule is CCCCc1cnc2c(c1SCC(=O)NCc1ccco1)c(=O)n(C)c(=O)n2C. The monoisotopic (exact) mass is 416 g/mol. The average molecular weight is 417 g/mol. The van der Waals surface area contributed by atoms with E-state index in [4.69, 9.17) is 4.42 Å². The predicted molar refractivity (Wildman–Crippen MR) is 112 cm³/mol. The van der Waals surface area contributed by atoms with Crippen molar-refractivity contribution in [2.75, 3.05) is 5.75 Å². The van der Waals surface area contributed by atoms with Crippen LogP contribution < -0.4 is 16.6 Å². The molecule has 8 nitrogen and oxygen atoms in total. The highest BCUT2D eigenvalue weighted by atomic mass is 32.2. The van der Waals surface area contributed by atoms with Gasteiger partial charge in [-0.05, 0) is 30.5 Å². The fourth-order valence-corrected chi connectivity index (χ4v) is 4.08. The summed E-state index contributed by atoms with van der Waals surface area (Å²) in [6.45, 7) is 2.40. The van der Waals surface area contributed by atoms with Crippen molar-refractivity contribution in [1.82, 2.24) is 19.4 Å². The van der Waals surface area contributed by atoms with E-state index in [0.29, 0.717) is 28.2 Å².